The number of anilines is 1. The lowest BCUT2D eigenvalue weighted by Crippen LogP contribution is -3.00. The van der Waals surface area contributed by atoms with Gasteiger partial charge in [0.15, 0.2) is 16.7 Å². The van der Waals surface area contributed by atoms with E-state index in [1.54, 1.807) is 26.0 Å². The van der Waals surface area contributed by atoms with Crippen LogP contribution in [0.4, 0.5) is 10.1 Å². The fourth-order valence-electron chi connectivity index (χ4n) is 4.18. The van der Waals surface area contributed by atoms with Crippen LogP contribution in [0.2, 0.25) is 0 Å². The van der Waals surface area contributed by atoms with E-state index in [9.17, 15) is 18.8 Å². The quantitative estimate of drug-likeness (QED) is 0.431. The van der Waals surface area contributed by atoms with Gasteiger partial charge < -0.3 is 41.2 Å². The molecule has 0 fully saturated rings. The zero-order valence-electron chi connectivity index (χ0n) is 22.2. The normalized spacial score (nSPS) is 16.2. The number of rotatable bonds is 8. The van der Waals surface area contributed by atoms with E-state index in [1.807, 2.05) is 0 Å². The molecule has 0 aliphatic carbocycles. The highest BCUT2D eigenvalue weighted by atomic mass is 79.9. The number of fused-ring (bicyclic) bond motifs is 1. The van der Waals surface area contributed by atoms with Crippen LogP contribution in [0.3, 0.4) is 0 Å². The van der Waals surface area contributed by atoms with Gasteiger partial charge in [-0.3, -0.25) is 14.5 Å². The Morgan fingerprint density at radius 3 is 2.25 bits per heavy atom. The zero-order valence-corrected chi connectivity index (χ0v) is 24.6. The molecule has 1 atom stereocenters. The van der Waals surface area contributed by atoms with Gasteiger partial charge in [0, 0.05) is 11.8 Å². The number of amidine groups is 1. The average molecular weight is 635 g/mol. The number of allylic oxidation sites excluding steroid dienone is 1. The number of halogens is 2. The first-order valence-corrected chi connectivity index (χ1v) is 12.6. The van der Waals surface area contributed by atoms with Gasteiger partial charge in [0.25, 0.3) is 11.8 Å². The van der Waals surface area contributed by atoms with Crippen molar-refractivity contribution >= 4 is 40.4 Å². The molecule has 0 bridgehead atoms. The third-order valence-corrected chi connectivity index (χ3v) is 6.90. The van der Waals surface area contributed by atoms with Crippen LogP contribution in [-0.2, 0) is 19.1 Å². The van der Waals surface area contributed by atoms with Gasteiger partial charge in [-0.25, -0.2) is 14.2 Å². The van der Waals surface area contributed by atoms with Crippen LogP contribution in [0, 0.1) is 5.82 Å². The highest BCUT2D eigenvalue weighted by Crippen LogP contribution is 2.46. The number of carbonyl (C=O) groups excluding carboxylic acids is 3. The van der Waals surface area contributed by atoms with Crippen LogP contribution in [0.1, 0.15) is 25.5 Å². The minimum atomic E-state index is -0.969. The number of hydrogen-bond acceptors (Lipinski definition) is 9. The number of aliphatic imine (C=N–C) groups is 1. The lowest BCUT2D eigenvalue weighted by atomic mass is 9.93. The van der Waals surface area contributed by atoms with E-state index in [0.29, 0.717) is 34.2 Å². The van der Waals surface area contributed by atoms with Crippen LogP contribution in [0.15, 0.2) is 63.6 Å². The van der Waals surface area contributed by atoms with Gasteiger partial charge in [0.1, 0.15) is 5.82 Å². The zero-order chi connectivity index (χ0) is 28.3. The van der Waals surface area contributed by atoms with Crippen LogP contribution < -0.4 is 36.5 Å². The van der Waals surface area contributed by atoms with Gasteiger partial charge in [-0.15, -0.1) is 0 Å². The maximum Gasteiger partial charge on any atom is 0.338 e. The van der Waals surface area contributed by atoms with Crippen molar-refractivity contribution in [2.24, 2.45) is 4.99 Å². The van der Waals surface area contributed by atoms with E-state index in [4.69, 9.17) is 18.9 Å². The van der Waals surface area contributed by atoms with E-state index in [1.165, 1.54) is 50.5 Å². The molecule has 1 unspecified atom stereocenters. The summed E-state index contributed by atoms with van der Waals surface area (Å²) in [5.74, 6) is -1.25. The molecule has 0 aromatic heterocycles. The first kappa shape index (κ1) is 30.7. The first-order chi connectivity index (χ1) is 18.7. The maximum atomic E-state index is 13.6. The summed E-state index contributed by atoms with van der Waals surface area (Å²) in [5.41, 5.74) is 1.30. The number of benzene rings is 2. The lowest BCUT2D eigenvalue weighted by molar-refractivity contribution is -0.139. The van der Waals surface area contributed by atoms with Crippen LogP contribution in [0.25, 0.3) is 0 Å². The maximum absolute atomic E-state index is 13.6. The molecule has 13 heteroatoms. The standard InChI is InChI=1S/C27H26FN3O7S.BrH/c1-6-38-26(34)22-14(2)29-27-31(23(22)15-11-18(35-3)24(37-5)19(12-15)36-4)21(32)13-20(39-27)25(33)30-17-9-7-16(28)8-10-17;/h7-13,23H,6H2,1-5H3,(H,30,33);1H/p-1. The van der Waals surface area contributed by atoms with Crippen LogP contribution in [-0.4, -0.2) is 55.8 Å². The summed E-state index contributed by atoms with van der Waals surface area (Å²) in [6.07, 6.45) is 1.16. The molecule has 2 amide bonds. The highest BCUT2D eigenvalue weighted by Gasteiger charge is 2.43. The molecular weight excluding hydrogens is 609 g/mol. The number of carbonyl (C=O) groups is 3. The van der Waals surface area contributed by atoms with E-state index < -0.39 is 29.6 Å². The summed E-state index contributed by atoms with van der Waals surface area (Å²) in [4.78, 5) is 45.5. The summed E-state index contributed by atoms with van der Waals surface area (Å²) in [6, 6.07) is 7.55. The molecule has 0 saturated carbocycles. The third kappa shape index (κ3) is 5.99. The Balaban J connectivity index is 0.00000441. The molecule has 2 aromatic rings. The predicted octanol–water partition coefficient (Wildman–Crippen LogP) is 1.20. The van der Waals surface area contributed by atoms with Gasteiger partial charge in [-0.1, -0.05) is 0 Å². The smallest absolute Gasteiger partial charge is 0.338 e. The molecule has 10 nitrogen and oxygen atoms in total. The van der Waals surface area contributed by atoms with Crippen molar-refractivity contribution in [3.63, 3.8) is 0 Å². The fourth-order valence-corrected chi connectivity index (χ4v) is 5.16. The van der Waals surface area contributed by atoms with Gasteiger partial charge in [-0.05, 0) is 67.6 Å². The summed E-state index contributed by atoms with van der Waals surface area (Å²) >= 11 is 0.963. The van der Waals surface area contributed by atoms with Crippen molar-refractivity contribution in [3.05, 3.63) is 70.0 Å². The Kier molecular flexibility index (Phi) is 9.98. The van der Waals surface area contributed by atoms with Crippen LogP contribution in [0.5, 0.6) is 17.2 Å². The van der Waals surface area contributed by atoms with Crippen molar-refractivity contribution < 1.29 is 54.7 Å². The molecule has 40 heavy (non-hydrogen) atoms. The second-order valence-electron chi connectivity index (χ2n) is 8.26. The molecule has 1 N–H and O–H groups in total. The second kappa shape index (κ2) is 13.0. The number of esters is 1. The van der Waals surface area contributed by atoms with E-state index in [-0.39, 0.29) is 39.2 Å². The predicted molar refractivity (Wildman–Crippen MR) is 143 cm³/mol. The first-order valence-electron chi connectivity index (χ1n) is 11.8. The lowest BCUT2D eigenvalue weighted by Gasteiger charge is -2.38. The Morgan fingerprint density at radius 2 is 1.70 bits per heavy atom. The van der Waals surface area contributed by atoms with Crippen molar-refractivity contribution in [2.75, 3.05) is 33.3 Å². The number of ether oxygens (including phenoxy) is 4. The number of hydrogen-bond donors (Lipinski definition) is 1. The van der Waals surface area contributed by atoms with Gasteiger partial charge in [0.05, 0.1) is 50.2 Å². The topological polar surface area (TPSA) is 116 Å². The molecular formula is C27H26BrFN3O7S-. The number of amides is 2. The largest absolute Gasteiger partial charge is 1.00 e. The van der Waals surface area contributed by atoms with Crippen LogP contribution >= 0.6 is 11.8 Å². The molecule has 212 valence electrons. The molecule has 0 spiro atoms. The third-order valence-electron chi connectivity index (χ3n) is 5.91. The monoisotopic (exact) mass is 634 g/mol. The number of nitrogens with one attached hydrogen (secondary N) is 1. The molecule has 2 aromatic carbocycles. The minimum Gasteiger partial charge on any atom is -1.00 e. The molecule has 2 aliphatic heterocycles. The van der Waals surface area contributed by atoms with Crippen molar-refractivity contribution in [3.8, 4) is 17.2 Å². The molecule has 0 radical (unpaired) electrons. The van der Waals surface area contributed by atoms with Gasteiger partial charge >= 0.3 is 5.97 Å². The van der Waals surface area contributed by atoms with E-state index >= 15 is 0 Å². The van der Waals surface area contributed by atoms with E-state index in [2.05, 4.69) is 10.3 Å². The highest BCUT2D eigenvalue weighted by molar-refractivity contribution is 8.18. The summed E-state index contributed by atoms with van der Waals surface area (Å²) in [5, 5.41) is 2.83. The van der Waals surface area contributed by atoms with E-state index in [0.717, 1.165) is 17.8 Å². The summed E-state index contributed by atoms with van der Waals surface area (Å²) < 4.78 is 35.0. The van der Waals surface area contributed by atoms with Crippen molar-refractivity contribution in [2.45, 2.75) is 19.9 Å². The van der Waals surface area contributed by atoms with Crippen molar-refractivity contribution in [1.29, 1.82) is 0 Å². The fraction of sp³-hybridized carbons (Fsp3) is 0.259. The summed E-state index contributed by atoms with van der Waals surface area (Å²) in [7, 11) is 4.38. The van der Waals surface area contributed by atoms with Gasteiger partial charge in [0.2, 0.25) is 5.75 Å². The second-order valence-corrected chi connectivity index (χ2v) is 9.26. The Bertz CT molecular complexity index is 1400. The number of thioether (sulfide) groups is 1. The molecule has 0 saturated heterocycles. The Hall–Kier alpha value is -3.84. The number of nitrogens with zero attached hydrogens (tertiary/aromatic N) is 2. The molecule has 2 heterocycles. The van der Waals surface area contributed by atoms with Crippen molar-refractivity contribution in [1.82, 2.24) is 4.90 Å². The molecule has 4 rings (SSSR count). The van der Waals surface area contributed by atoms with Gasteiger partial charge in [-0.2, -0.15) is 0 Å². The molecule has 2 aliphatic rings. The Morgan fingerprint density at radius 1 is 1.07 bits per heavy atom. The SMILES string of the molecule is CCOC(=O)C1=C(C)N=C2SC(C(=O)Nc3ccc(F)cc3)=CC(=O)N2C1c1cc(OC)c(OC)c(OC)c1.[Br-]. The number of methoxy groups -OCH3 is 3. The summed E-state index contributed by atoms with van der Waals surface area (Å²) in [6.45, 7) is 3.42. The Labute approximate surface area is 245 Å². The minimum absolute atomic E-state index is 0. The average Bonchev–Trinajstić information content (AvgIpc) is 2.92.